The normalized spacial score (nSPS) is 12.8. The van der Waals surface area contributed by atoms with Crippen molar-refractivity contribution in [3.8, 4) is 0 Å². The fourth-order valence-corrected chi connectivity index (χ4v) is 2.91. The van der Waals surface area contributed by atoms with E-state index in [2.05, 4.69) is 4.98 Å². The van der Waals surface area contributed by atoms with E-state index in [1.165, 1.54) is 6.07 Å². The van der Waals surface area contributed by atoms with E-state index in [1.54, 1.807) is 29.7 Å². The Balaban J connectivity index is 2.04. The van der Waals surface area contributed by atoms with E-state index in [-0.39, 0.29) is 0 Å². The molecule has 1 unspecified atom stereocenters. The summed E-state index contributed by atoms with van der Waals surface area (Å²) in [5, 5.41) is 2.33. The molecule has 2 heterocycles. The second-order valence-electron chi connectivity index (χ2n) is 4.22. The fourth-order valence-electron chi connectivity index (χ4n) is 1.96. The summed E-state index contributed by atoms with van der Waals surface area (Å²) in [7, 11) is 0. The minimum Gasteiger partial charge on any atom is -0.320 e. The number of hydrogen-bond donors (Lipinski definition) is 1. The summed E-state index contributed by atoms with van der Waals surface area (Å²) >= 11 is 7.33. The lowest BCUT2D eigenvalue weighted by Crippen LogP contribution is -2.13. The van der Waals surface area contributed by atoms with Gasteiger partial charge in [-0.2, -0.15) is 0 Å². The first kappa shape index (κ1) is 12.5. The maximum absolute atomic E-state index is 13.9. The van der Waals surface area contributed by atoms with E-state index in [0.717, 1.165) is 15.8 Å². The van der Waals surface area contributed by atoms with Gasteiger partial charge in [0.1, 0.15) is 5.82 Å². The van der Waals surface area contributed by atoms with Gasteiger partial charge in [-0.3, -0.25) is 4.98 Å². The lowest BCUT2D eigenvalue weighted by atomic mass is 10.0. The number of nitrogens with zero attached hydrogens (tertiary/aromatic N) is 1. The van der Waals surface area contributed by atoms with Crippen molar-refractivity contribution in [1.82, 2.24) is 4.98 Å². The number of benzene rings is 1. The third-order valence-corrected chi connectivity index (χ3v) is 4.07. The summed E-state index contributed by atoms with van der Waals surface area (Å²) < 4.78 is 14.9. The number of aromatic nitrogens is 1. The summed E-state index contributed by atoms with van der Waals surface area (Å²) in [6.07, 6.45) is 1.69. The van der Waals surface area contributed by atoms with Crippen LogP contribution in [0.15, 0.2) is 41.9 Å². The molecule has 0 bridgehead atoms. The molecular weight excluding hydrogens is 283 g/mol. The molecule has 3 aromatic rings. The van der Waals surface area contributed by atoms with Crippen LogP contribution in [0.2, 0.25) is 5.02 Å². The molecule has 1 aromatic carbocycles. The Bertz CT molecular complexity index is 741. The molecule has 0 aliphatic carbocycles. The van der Waals surface area contributed by atoms with Crippen LogP contribution in [0.4, 0.5) is 4.39 Å². The van der Waals surface area contributed by atoms with Crippen molar-refractivity contribution in [1.29, 1.82) is 0 Å². The van der Waals surface area contributed by atoms with Crippen molar-refractivity contribution in [2.24, 2.45) is 5.73 Å². The second-order valence-corrected chi connectivity index (χ2v) is 5.60. The standard InChI is InChI=1S/C14H10ClFN2S/c15-9-1-2-10(11(16)6-9)14(17)8-5-13-12(18-7-8)3-4-19-13/h1-7,14H,17H2. The fraction of sp³-hybridized carbons (Fsp3) is 0.0714. The Hall–Kier alpha value is -1.49. The monoisotopic (exact) mass is 292 g/mol. The van der Waals surface area contributed by atoms with Gasteiger partial charge in [-0.1, -0.05) is 17.7 Å². The summed E-state index contributed by atoms with van der Waals surface area (Å²) in [5.41, 5.74) is 8.24. The first-order valence-corrected chi connectivity index (χ1v) is 6.94. The van der Waals surface area contributed by atoms with Crippen molar-refractivity contribution in [2.75, 3.05) is 0 Å². The highest BCUT2D eigenvalue weighted by atomic mass is 35.5. The molecule has 0 radical (unpaired) electrons. The van der Waals surface area contributed by atoms with Crippen LogP contribution in [0.1, 0.15) is 17.2 Å². The molecule has 0 saturated carbocycles. The Kier molecular flexibility index (Phi) is 3.22. The van der Waals surface area contributed by atoms with E-state index in [4.69, 9.17) is 17.3 Å². The summed E-state index contributed by atoms with van der Waals surface area (Å²) in [5.74, 6) is -0.397. The minimum absolute atomic E-state index is 0.361. The van der Waals surface area contributed by atoms with Crippen LogP contribution in [0, 0.1) is 5.82 Å². The molecule has 0 fully saturated rings. The van der Waals surface area contributed by atoms with E-state index < -0.39 is 11.9 Å². The van der Waals surface area contributed by atoms with Crippen LogP contribution in [-0.2, 0) is 0 Å². The molecule has 5 heteroatoms. The van der Waals surface area contributed by atoms with E-state index in [0.29, 0.717) is 10.6 Å². The molecule has 0 saturated heterocycles. The van der Waals surface area contributed by atoms with Gasteiger partial charge in [0, 0.05) is 16.8 Å². The lowest BCUT2D eigenvalue weighted by Gasteiger charge is -2.13. The molecule has 0 aliphatic rings. The highest BCUT2D eigenvalue weighted by Gasteiger charge is 2.15. The number of pyridine rings is 1. The molecule has 0 aliphatic heterocycles. The maximum atomic E-state index is 13.9. The minimum atomic E-state index is -0.545. The average Bonchev–Trinajstić information content (AvgIpc) is 2.85. The first-order chi connectivity index (χ1) is 9.15. The Morgan fingerprint density at radius 1 is 1.26 bits per heavy atom. The molecule has 2 N–H and O–H groups in total. The van der Waals surface area contributed by atoms with Gasteiger partial charge in [-0.25, -0.2) is 4.39 Å². The highest BCUT2D eigenvalue weighted by molar-refractivity contribution is 7.17. The topological polar surface area (TPSA) is 38.9 Å². The van der Waals surface area contributed by atoms with Crippen molar-refractivity contribution in [3.63, 3.8) is 0 Å². The quantitative estimate of drug-likeness (QED) is 0.771. The summed E-state index contributed by atoms with van der Waals surface area (Å²) in [6.45, 7) is 0. The van der Waals surface area contributed by atoms with Gasteiger partial charge in [-0.05, 0) is 35.2 Å². The Morgan fingerprint density at radius 3 is 2.89 bits per heavy atom. The number of fused-ring (bicyclic) bond motifs is 1. The molecule has 1 atom stereocenters. The summed E-state index contributed by atoms with van der Waals surface area (Å²) in [6, 6.07) is 7.87. The predicted molar refractivity (Wildman–Crippen MR) is 77.1 cm³/mol. The molecule has 0 spiro atoms. The Morgan fingerprint density at radius 2 is 2.11 bits per heavy atom. The first-order valence-electron chi connectivity index (χ1n) is 5.69. The maximum Gasteiger partial charge on any atom is 0.129 e. The number of halogens is 2. The molecular formula is C14H10ClFN2S. The second kappa shape index (κ2) is 4.89. The smallest absolute Gasteiger partial charge is 0.129 e. The molecule has 0 amide bonds. The number of hydrogen-bond acceptors (Lipinski definition) is 3. The van der Waals surface area contributed by atoms with Crippen molar-refractivity contribution in [3.05, 3.63) is 63.9 Å². The molecule has 19 heavy (non-hydrogen) atoms. The van der Waals surface area contributed by atoms with Gasteiger partial charge in [0.25, 0.3) is 0 Å². The predicted octanol–water partition coefficient (Wildman–Crippen LogP) is 4.14. The van der Waals surface area contributed by atoms with Gasteiger partial charge in [0.15, 0.2) is 0 Å². The van der Waals surface area contributed by atoms with E-state index in [9.17, 15) is 4.39 Å². The number of thiophene rings is 1. The third-order valence-electron chi connectivity index (χ3n) is 2.98. The summed E-state index contributed by atoms with van der Waals surface area (Å²) in [4.78, 5) is 4.32. The Labute approximate surface area is 118 Å². The van der Waals surface area contributed by atoms with Crippen molar-refractivity contribution < 1.29 is 4.39 Å². The average molecular weight is 293 g/mol. The van der Waals surface area contributed by atoms with Crippen LogP contribution in [0.3, 0.4) is 0 Å². The largest absolute Gasteiger partial charge is 0.320 e. The van der Waals surface area contributed by atoms with Gasteiger partial charge >= 0.3 is 0 Å². The van der Waals surface area contributed by atoms with E-state index in [1.807, 2.05) is 17.5 Å². The third kappa shape index (κ3) is 2.34. The van der Waals surface area contributed by atoms with Crippen molar-refractivity contribution in [2.45, 2.75) is 6.04 Å². The molecule has 2 nitrogen and oxygen atoms in total. The lowest BCUT2D eigenvalue weighted by molar-refractivity contribution is 0.599. The number of nitrogens with two attached hydrogens (primary N) is 1. The van der Waals surface area contributed by atoms with Gasteiger partial charge in [0.2, 0.25) is 0 Å². The van der Waals surface area contributed by atoms with Crippen LogP contribution < -0.4 is 5.73 Å². The zero-order valence-electron chi connectivity index (χ0n) is 9.81. The zero-order valence-corrected chi connectivity index (χ0v) is 11.4. The van der Waals surface area contributed by atoms with Crippen LogP contribution in [0.5, 0.6) is 0 Å². The van der Waals surface area contributed by atoms with Crippen molar-refractivity contribution >= 4 is 33.2 Å². The SMILES string of the molecule is NC(c1cnc2ccsc2c1)c1ccc(Cl)cc1F. The van der Waals surface area contributed by atoms with Crippen LogP contribution in [-0.4, -0.2) is 4.98 Å². The van der Waals surface area contributed by atoms with Gasteiger partial charge in [0.05, 0.1) is 16.3 Å². The zero-order chi connectivity index (χ0) is 13.4. The van der Waals surface area contributed by atoms with Gasteiger partial charge < -0.3 is 5.73 Å². The van der Waals surface area contributed by atoms with Crippen LogP contribution >= 0.6 is 22.9 Å². The van der Waals surface area contributed by atoms with Gasteiger partial charge in [-0.15, -0.1) is 11.3 Å². The van der Waals surface area contributed by atoms with Crippen LogP contribution in [0.25, 0.3) is 10.2 Å². The number of rotatable bonds is 2. The molecule has 2 aromatic heterocycles. The highest BCUT2D eigenvalue weighted by Crippen LogP contribution is 2.27. The molecule has 3 rings (SSSR count). The van der Waals surface area contributed by atoms with E-state index >= 15 is 0 Å². The molecule has 96 valence electrons.